The molecule has 3 atom stereocenters. The van der Waals surface area contributed by atoms with E-state index in [2.05, 4.69) is 6.07 Å². The summed E-state index contributed by atoms with van der Waals surface area (Å²) in [6.07, 6.45) is -0.458. The van der Waals surface area contributed by atoms with Gasteiger partial charge in [0.1, 0.15) is 11.2 Å². The van der Waals surface area contributed by atoms with Gasteiger partial charge >= 0.3 is 0 Å². The molecule has 2 bridgehead atoms. The van der Waals surface area contributed by atoms with Gasteiger partial charge in [-0.05, 0) is 19.1 Å². The Kier molecular flexibility index (Phi) is 3.56. The molecule has 0 aliphatic carbocycles. The fourth-order valence-electron chi connectivity index (χ4n) is 5.11. The number of benzene rings is 2. The molecule has 1 aromatic heterocycles. The van der Waals surface area contributed by atoms with Gasteiger partial charge in [-0.15, -0.1) is 0 Å². The van der Waals surface area contributed by atoms with Crippen LogP contribution in [0.1, 0.15) is 36.5 Å². The molecule has 4 N–H and O–H groups in total. The number of aromatic hydroxyl groups is 2. The first-order chi connectivity index (χ1) is 13.9. The summed E-state index contributed by atoms with van der Waals surface area (Å²) in [6, 6.07) is 12.8. The first kappa shape index (κ1) is 18.0. The highest BCUT2D eigenvalue weighted by atomic mass is 16.6. The quantitative estimate of drug-likeness (QED) is 0.544. The van der Waals surface area contributed by atoms with Crippen LogP contribution in [0, 0.1) is 11.3 Å². The Morgan fingerprint density at radius 3 is 2.52 bits per heavy atom. The van der Waals surface area contributed by atoms with Gasteiger partial charge in [-0.3, -0.25) is 4.57 Å². The Morgan fingerprint density at radius 1 is 1.14 bits per heavy atom. The fraction of sp³-hybridized carbons (Fsp3) is 0.318. The Labute approximate surface area is 166 Å². The van der Waals surface area contributed by atoms with Crippen molar-refractivity contribution in [2.75, 3.05) is 6.61 Å². The number of nitriles is 1. The fourth-order valence-corrected chi connectivity index (χ4v) is 5.11. The van der Waals surface area contributed by atoms with Gasteiger partial charge in [0.05, 0.1) is 34.6 Å². The summed E-state index contributed by atoms with van der Waals surface area (Å²) in [6.45, 7) is 1.50. The van der Waals surface area contributed by atoms with Crippen LogP contribution in [0.15, 0.2) is 36.4 Å². The number of fused-ring (bicyclic) bond motifs is 6. The Hall–Kier alpha value is -3.05. The van der Waals surface area contributed by atoms with E-state index in [4.69, 9.17) is 4.74 Å². The summed E-state index contributed by atoms with van der Waals surface area (Å²) in [5.41, 5.74) is -0.486. The van der Waals surface area contributed by atoms with Crippen LogP contribution in [-0.4, -0.2) is 37.7 Å². The minimum atomic E-state index is -1.18. The molecule has 148 valence electrons. The second-order valence-corrected chi connectivity index (χ2v) is 7.92. The SMILES string of the molecule is CC12OC(CCO)(C[C@@H]1O)c1c2c(O)n(-c2ccc(C#N)c3ccccc23)c1O. The van der Waals surface area contributed by atoms with Crippen molar-refractivity contribution in [2.24, 2.45) is 0 Å². The van der Waals surface area contributed by atoms with Crippen molar-refractivity contribution >= 4 is 10.8 Å². The molecule has 2 aliphatic rings. The highest BCUT2D eigenvalue weighted by molar-refractivity contribution is 5.95. The average molecular weight is 392 g/mol. The molecule has 7 nitrogen and oxygen atoms in total. The summed E-state index contributed by atoms with van der Waals surface area (Å²) >= 11 is 0. The van der Waals surface area contributed by atoms with Gasteiger partial charge in [0.2, 0.25) is 11.8 Å². The molecular formula is C22H20N2O5. The maximum atomic E-state index is 11.2. The van der Waals surface area contributed by atoms with E-state index in [0.29, 0.717) is 33.2 Å². The van der Waals surface area contributed by atoms with E-state index in [9.17, 15) is 25.7 Å². The molecule has 5 rings (SSSR count). The van der Waals surface area contributed by atoms with Gasteiger partial charge in [-0.1, -0.05) is 24.3 Å². The summed E-state index contributed by atoms with van der Waals surface area (Å²) in [5.74, 6) is -0.398. The van der Waals surface area contributed by atoms with Crippen molar-refractivity contribution in [2.45, 2.75) is 37.1 Å². The van der Waals surface area contributed by atoms with Crippen LogP contribution in [0.25, 0.3) is 16.5 Å². The van der Waals surface area contributed by atoms with Crippen molar-refractivity contribution in [3.63, 3.8) is 0 Å². The number of ether oxygens (including phenoxy) is 1. The number of nitrogens with zero attached hydrogens (tertiary/aromatic N) is 2. The molecule has 1 saturated heterocycles. The van der Waals surface area contributed by atoms with Gasteiger partial charge in [-0.25, -0.2) is 0 Å². The maximum absolute atomic E-state index is 11.2. The molecule has 0 spiro atoms. The largest absolute Gasteiger partial charge is 0.494 e. The van der Waals surface area contributed by atoms with Crippen LogP contribution >= 0.6 is 0 Å². The highest BCUT2D eigenvalue weighted by Gasteiger charge is 2.65. The first-order valence-electron chi connectivity index (χ1n) is 9.47. The third-order valence-electron chi connectivity index (χ3n) is 6.42. The van der Waals surface area contributed by atoms with Crippen molar-refractivity contribution in [1.82, 2.24) is 4.57 Å². The van der Waals surface area contributed by atoms with Crippen molar-refractivity contribution in [3.8, 4) is 23.5 Å². The Bertz CT molecular complexity index is 1210. The smallest absolute Gasteiger partial charge is 0.205 e. The molecule has 0 amide bonds. The van der Waals surface area contributed by atoms with Crippen LogP contribution in [0.3, 0.4) is 0 Å². The third kappa shape index (κ3) is 2.06. The normalized spacial score (nSPS) is 27.3. The van der Waals surface area contributed by atoms with E-state index in [1.54, 1.807) is 19.1 Å². The van der Waals surface area contributed by atoms with Gasteiger partial charge in [-0.2, -0.15) is 5.26 Å². The molecule has 3 heterocycles. The van der Waals surface area contributed by atoms with E-state index in [-0.39, 0.29) is 31.2 Å². The topological polar surface area (TPSA) is 119 Å². The molecule has 7 heteroatoms. The monoisotopic (exact) mass is 392 g/mol. The lowest BCUT2D eigenvalue weighted by molar-refractivity contribution is -0.108. The van der Waals surface area contributed by atoms with Gasteiger partial charge in [0.25, 0.3) is 0 Å². The molecular weight excluding hydrogens is 372 g/mol. The lowest BCUT2D eigenvalue weighted by atomic mass is 9.76. The lowest BCUT2D eigenvalue weighted by Crippen LogP contribution is -2.33. The van der Waals surface area contributed by atoms with E-state index in [1.807, 2.05) is 24.3 Å². The van der Waals surface area contributed by atoms with E-state index < -0.39 is 17.3 Å². The summed E-state index contributed by atoms with van der Waals surface area (Å²) < 4.78 is 7.43. The van der Waals surface area contributed by atoms with Crippen LogP contribution in [0.4, 0.5) is 0 Å². The van der Waals surface area contributed by atoms with Gasteiger partial charge < -0.3 is 25.2 Å². The van der Waals surface area contributed by atoms with Crippen LogP contribution < -0.4 is 0 Å². The lowest BCUT2D eigenvalue weighted by Gasteiger charge is -2.26. The molecule has 0 radical (unpaired) electrons. The second-order valence-electron chi connectivity index (χ2n) is 7.92. The van der Waals surface area contributed by atoms with E-state index in [0.717, 1.165) is 0 Å². The molecule has 2 aliphatic heterocycles. The zero-order chi connectivity index (χ0) is 20.6. The van der Waals surface area contributed by atoms with Gasteiger partial charge in [0, 0.05) is 30.2 Å². The van der Waals surface area contributed by atoms with Crippen molar-refractivity contribution in [3.05, 3.63) is 53.1 Å². The van der Waals surface area contributed by atoms with E-state index >= 15 is 0 Å². The molecule has 2 unspecified atom stereocenters. The molecule has 29 heavy (non-hydrogen) atoms. The second kappa shape index (κ2) is 5.74. The number of aliphatic hydroxyl groups excluding tert-OH is 2. The molecule has 3 aromatic rings. The first-order valence-corrected chi connectivity index (χ1v) is 9.47. The zero-order valence-corrected chi connectivity index (χ0v) is 15.8. The zero-order valence-electron chi connectivity index (χ0n) is 15.8. The Balaban J connectivity index is 1.83. The number of aliphatic hydroxyl groups is 2. The van der Waals surface area contributed by atoms with Crippen LogP contribution in [-0.2, 0) is 15.9 Å². The van der Waals surface area contributed by atoms with Gasteiger partial charge in [0.15, 0.2) is 0 Å². The maximum Gasteiger partial charge on any atom is 0.205 e. The molecule has 2 aromatic carbocycles. The molecule has 1 fully saturated rings. The van der Waals surface area contributed by atoms with Crippen LogP contribution in [0.2, 0.25) is 0 Å². The predicted octanol–water partition coefficient (Wildman–Crippen LogP) is 2.50. The standard InChI is InChI=1S/C22H20N2O5/c1-21-16(26)10-22(29-21,8-9-25)18-17(21)19(27)24(20(18)28)15-7-6-12(11-23)13-4-2-3-5-14(13)15/h2-7,16,25-28H,8-10H2,1H3/t16-,21?,22?/m0/s1. The molecule has 0 saturated carbocycles. The number of hydrogen-bond donors (Lipinski definition) is 4. The van der Waals surface area contributed by atoms with E-state index in [1.165, 1.54) is 4.57 Å². The predicted molar refractivity (Wildman–Crippen MR) is 104 cm³/mol. The minimum Gasteiger partial charge on any atom is -0.494 e. The number of hydrogen-bond acceptors (Lipinski definition) is 6. The van der Waals surface area contributed by atoms with Crippen molar-refractivity contribution < 1.29 is 25.2 Å². The van der Waals surface area contributed by atoms with Crippen LogP contribution in [0.5, 0.6) is 11.8 Å². The minimum absolute atomic E-state index is 0.184. The average Bonchev–Trinajstić information content (AvgIpc) is 3.23. The summed E-state index contributed by atoms with van der Waals surface area (Å²) in [7, 11) is 0. The number of rotatable bonds is 3. The third-order valence-corrected chi connectivity index (χ3v) is 6.42. The Morgan fingerprint density at radius 2 is 1.83 bits per heavy atom. The highest BCUT2D eigenvalue weighted by Crippen LogP contribution is 2.65. The summed E-state index contributed by atoms with van der Waals surface area (Å²) in [5, 5.41) is 53.3. The number of aromatic nitrogens is 1. The summed E-state index contributed by atoms with van der Waals surface area (Å²) in [4.78, 5) is 0. The van der Waals surface area contributed by atoms with Crippen molar-refractivity contribution in [1.29, 1.82) is 5.26 Å².